The first kappa shape index (κ1) is 10.0. The van der Waals surface area contributed by atoms with Crippen molar-refractivity contribution in [1.29, 1.82) is 0 Å². The zero-order valence-electron chi connectivity index (χ0n) is 8.59. The monoisotopic (exact) mass is 171 g/mol. The van der Waals surface area contributed by atoms with Gasteiger partial charge in [-0.25, -0.2) is 0 Å². The molecule has 12 heavy (non-hydrogen) atoms. The minimum absolute atomic E-state index is 0.0353. The van der Waals surface area contributed by atoms with E-state index >= 15 is 0 Å². The van der Waals surface area contributed by atoms with Crippen LogP contribution >= 0.6 is 0 Å². The lowest BCUT2D eigenvalue weighted by Gasteiger charge is -2.23. The fraction of sp³-hybridized carbons (Fsp3) is 1.00. The molecule has 0 aromatic rings. The third-order valence-corrected chi connectivity index (χ3v) is 3.55. The molecule has 0 heterocycles. The molecule has 2 nitrogen and oxygen atoms in total. The van der Waals surface area contributed by atoms with E-state index in [2.05, 4.69) is 27.7 Å². The van der Waals surface area contributed by atoms with Gasteiger partial charge in [-0.1, -0.05) is 27.7 Å². The summed E-state index contributed by atoms with van der Waals surface area (Å²) in [6, 6.07) is 0. The van der Waals surface area contributed by atoms with Gasteiger partial charge in [0.05, 0.1) is 0 Å². The Hall–Kier alpha value is -0.0800. The smallest absolute Gasteiger partial charge is 0.0485 e. The van der Waals surface area contributed by atoms with Crippen LogP contribution in [-0.4, -0.2) is 18.3 Å². The summed E-state index contributed by atoms with van der Waals surface area (Å²) in [5.74, 6) is 1.18. The molecule has 1 fully saturated rings. The normalized spacial score (nSPS) is 33.5. The zero-order chi connectivity index (χ0) is 9.57. The maximum absolute atomic E-state index is 9.21. The highest BCUT2D eigenvalue weighted by molar-refractivity contribution is 5.10. The predicted molar refractivity (Wildman–Crippen MR) is 50.7 cm³/mol. The van der Waals surface area contributed by atoms with Crippen molar-refractivity contribution in [3.05, 3.63) is 0 Å². The number of aliphatic hydroxyl groups excluding tert-OH is 1. The van der Waals surface area contributed by atoms with Crippen LogP contribution in [0.15, 0.2) is 0 Å². The fourth-order valence-corrected chi connectivity index (χ4v) is 2.83. The molecule has 1 aliphatic carbocycles. The Labute approximate surface area is 75.2 Å². The van der Waals surface area contributed by atoms with Crippen LogP contribution in [0.3, 0.4) is 0 Å². The zero-order valence-corrected chi connectivity index (χ0v) is 8.59. The van der Waals surface area contributed by atoms with E-state index in [0.717, 1.165) is 6.54 Å². The number of nitrogens with two attached hydrogens (primary N) is 1. The van der Waals surface area contributed by atoms with Gasteiger partial charge in [-0.05, 0) is 29.2 Å². The van der Waals surface area contributed by atoms with Crippen molar-refractivity contribution in [1.82, 2.24) is 0 Å². The molecular formula is C10H21NO. The van der Waals surface area contributed by atoms with Crippen LogP contribution < -0.4 is 5.73 Å². The molecule has 0 radical (unpaired) electrons. The molecule has 2 atom stereocenters. The summed E-state index contributed by atoms with van der Waals surface area (Å²) in [6.07, 6.45) is 0. The van der Waals surface area contributed by atoms with E-state index in [0.29, 0.717) is 17.3 Å². The SMILES string of the molecule is CC(C)(CO)[C@H]1[C@H](CN)C1(C)C. The van der Waals surface area contributed by atoms with Gasteiger partial charge in [-0.15, -0.1) is 0 Å². The Balaban J connectivity index is 2.69. The lowest BCUT2D eigenvalue weighted by atomic mass is 9.84. The third-order valence-electron chi connectivity index (χ3n) is 3.55. The lowest BCUT2D eigenvalue weighted by Crippen LogP contribution is -2.23. The molecule has 1 saturated carbocycles. The molecule has 0 spiro atoms. The van der Waals surface area contributed by atoms with Crippen molar-refractivity contribution in [3.63, 3.8) is 0 Å². The molecule has 1 rings (SSSR count). The Bertz CT molecular complexity index is 175. The minimum atomic E-state index is 0.0353. The molecule has 1 aliphatic rings. The molecule has 0 aromatic carbocycles. The number of rotatable bonds is 3. The first-order chi connectivity index (χ1) is 5.38. The van der Waals surface area contributed by atoms with E-state index in [4.69, 9.17) is 5.73 Å². The number of hydrogen-bond donors (Lipinski definition) is 2. The standard InChI is InChI=1S/C10H21NO/c1-9(2,6-12)8-7(5-11)10(8,3)4/h7-8,12H,5-6,11H2,1-4H3/t7-,8+/m0/s1. The maximum Gasteiger partial charge on any atom is 0.0485 e. The van der Waals surface area contributed by atoms with Gasteiger partial charge in [0.15, 0.2) is 0 Å². The molecule has 0 bridgehead atoms. The van der Waals surface area contributed by atoms with Crippen LogP contribution in [0.4, 0.5) is 0 Å². The van der Waals surface area contributed by atoms with Crippen molar-refractivity contribution in [2.24, 2.45) is 28.4 Å². The van der Waals surface area contributed by atoms with Gasteiger partial charge >= 0.3 is 0 Å². The van der Waals surface area contributed by atoms with E-state index in [1.807, 2.05) is 0 Å². The van der Waals surface area contributed by atoms with E-state index in [-0.39, 0.29) is 12.0 Å². The van der Waals surface area contributed by atoms with Crippen LogP contribution in [0.25, 0.3) is 0 Å². The van der Waals surface area contributed by atoms with Crippen molar-refractivity contribution in [3.8, 4) is 0 Å². The lowest BCUT2D eigenvalue weighted by molar-refractivity contribution is 0.121. The molecule has 0 unspecified atom stereocenters. The van der Waals surface area contributed by atoms with Gasteiger partial charge in [0.2, 0.25) is 0 Å². The third kappa shape index (κ3) is 1.27. The fourth-order valence-electron chi connectivity index (χ4n) is 2.83. The van der Waals surface area contributed by atoms with E-state index < -0.39 is 0 Å². The molecule has 0 amide bonds. The van der Waals surface area contributed by atoms with Crippen LogP contribution in [-0.2, 0) is 0 Å². The number of hydrogen-bond acceptors (Lipinski definition) is 2. The second-order valence-electron chi connectivity index (χ2n) is 5.29. The quantitative estimate of drug-likeness (QED) is 0.671. The second kappa shape index (κ2) is 2.71. The van der Waals surface area contributed by atoms with E-state index in [1.165, 1.54) is 0 Å². The summed E-state index contributed by atoms with van der Waals surface area (Å²) in [5, 5.41) is 9.21. The van der Waals surface area contributed by atoms with Gasteiger partial charge in [0, 0.05) is 6.61 Å². The highest BCUT2D eigenvalue weighted by Gasteiger charge is 2.62. The summed E-state index contributed by atoms with van der Waals surface area (Å²) in [5.41, 5.74) is 6.04. The summed E-state index contributed by atoms with van der Waals surface area (Å²) < 4.78 is 0. The largest absolute Gasteiger partial charge is 0.396 e. The van der Waals surface area contributed by atoms with Gasteiger partial charge in [0.25, 0.3) is 0 Å². The summed E-state index contributed by atoms with van der Waals surface area (Å²) in [7, 11) is 0. The first-order valence-electron chi connectivity index (χ1n) is 4.69. The number of aliphatic hydroxyl groups is 1. The van der Waals surface area contributed by atoms with E-state index in [9.17, 15) is 5.11 Å². The van der Waals surface area contributed by atoms with Gasteiger partial charge in [-0.3, -0.25) is 0 Å². The first-order valence-corrected chi connectivity index (χ1v) is 4.69. The Morgan fingerprint density at radius 2 is 1.92 bits per heavy atom. The highest BCUT2D eigenvalue weighted by Crippen LogP contribution is 2.64. The topological polar surface area (TPSA) is 46.2 Å². The predicted octanol–water partition coefficient (Wildman–Crippen LogP) is 1.24. The molecule has 0 aromatic heterocycles. The van der Waals surface area contributed by atoms with Crippen LogP contribution in [0.2, 0.25) is 0 Å². The highest BCUT2D eigenvalue weighted by atomic mass is 16.3. The molecular weight excluding hydrogens is 150 g/mol. The van der Waals surface area contributed by atoms with Crippen LogP contribution in [0, 0.1) is 22.7 Å². The van der Waals surface area contributed by atoms with Gasteiger partial charge in [-0.2, -0.15) is 0 Å². The van der Waals surface area contributed by atoms with Crippen molar-refractivity contribution in [2.45, 2.75) is 27.7 Å². The van der Waals surface area contributed by atoms with Crippen molar-refractivity contribution in [2.75, 3.05) is 13.2 Å². The van der Waals surface area contributed by atoms with Crippen molar-refractivity contribution >= 4 is 0 Å². The van der Waals surface area contributed by atoms with E-state index in [1.54, 1.807) is 0 Å². The maximum atomic E-state index is 9.21. The minimum Gasteiger partial charge on any atom is -0.396 e. The molecule has 3 N–H and O–H groups in total. The second-order valence-corrected chi connectivity index (χ2v) is 5.29. The Kier molecular flexibility index (Phi) is 2.26. The Morgan fingerprint density at radius 1 is 1.42 bits per heavy atom. The van der Waals surface area contributed by atoms with Gasteiger partial charge < -0.3 is 10.8 Å². The average molecular weight is 171 g/mol. The molecule has 0 aliphatic heterocycles. The summed E-state index contributed by atoms with van der Waals surface area (Å²) >= 11 is 0. The summed E-state index contributed by atoms with van der Waals surface area (Å²) in [6.45, 7) is 9.74. The van der Waals surface area contributed by atoms with Crippen molar-refractivity contribution < 1.29 is 5.11 Å². The average Bonchev–Trinajstić information content (AvgIpc) is 2.53. The summed E-state index contributed by atoms with van der Waals surface area (Å²) in [4.78, 5) is 0. The molecule has 72 valence electrons. The Morgan fingerprint density at radius 3 is 2.17 bits per heavy atom. The van der Waals surface area contributed by atoms with Crippen LogP contribution in [0.5, 0.6) is 0 Å². The van der Waals surface area contributed by atoms with Gasteiger partial charge in [0.1, 0.15) is 0 Å². The van der Waals surface area contributed by atoms with Crippen LogP contribution in [0.1, 0.15) is 27.7 Å². The molecule has 2 heteroatoms. The molecule has 0 saturated heterocycles.